The van der Waals surface area contributed by atoms with Gasteiger partial charge in [-0.05, 0) is 25.8 Å². The summed E-state index contributed by atoms with van der Waals surface area (Å²) in [5, 5.41) is 1.08. The third-order valence-corrected chi connectivity index (χ3v) is 4.74. The van der Waals surface area contributed by atoms with Crippen molar-refractivity contribution in [1.29, 1.82) is 0 Å². The molecule has 0 unspecified atom stereocenters. The van der Waals surface area contributed by atoms with E-state index in [1.807, 2.05) is 31.2 Å². The summed E-state index contributed by atoms with van der Waals surface area (Å²) in [6.45, 7) is 3.75. The summed E-state index contributed by atoms with van der Waals surface area (Å²) in [6, 6.07) is 8.52. The van der Waals surface area contributed by atoms with Gasteiger partial charge in [0.2, 0.25) is 10.0 Å². The molecule has 0 aliphatic heterocycles. The Hall–Kier alpha value is -1.57. The Balaban J connectivity index is 1.72. The van der Waals surface area contributed by atoms with Gasteiger partial charge < -0.3 is 0 Å². The Bertz CT molecular complexity index is 803. The molecule has 0 amide bonds. The van der Waals surface area contributed by atoms with Crippen molar-refractivity contribution in [2.75, 3.05) is 19.3 Å². The van der Waals surface area contributed by atoms with Gasteiger partial charge in [0.25, 0.3) is 0 Å². The van der Waals surface area contributed by atoms with Gasteiger partial charge in [-0.25, -0.2) is 23.1 Å². The van der Waals surface area contributed by atoms with Crippen molar-refractivity contribution < 1.29 is 8.42 Å². The zero-order valence-electron chi connectivity index (χ0n) is 13.5. The number of fused-ring (bicyclic) bond motifs is 1. The van der Waals surface area contributed by atoms with Gasteiger partial charge in [0.15, 0.2) is 0 Å². The van der Waals surface area contributed by atoms with Gasteiger partial charge in [-0.15, -0.1) is 0 Å². The molecule has 3 rings (SSSR count). The summed E-state index contributed by atoms with van der Waals surface area (Å²) in [4.78, 5) is 11.5. The van der Waals surface area contributed by atoms with E-state index in [1.165, 1.54) is 6.26 Å². The number of aryl methyl sites for hydroxylation is 1. The molecule has 23 heavy (non-hydrogen) atoms. The largest absolute Gasteiger partial charge is 0.292 e. The van der Waals surface area contributed by atoms with E-state index >= 15 is 0 Å². The van der Waals surface area contributed by atoms with Crippen molar-refractivity contribution in [2.45, 2.75) is 32.4 Å². The first-order valence-corrected chi connectivity index (χ1v) is 9.72. The number of sulfonamides is 1. The minimum atomic E-state index is -3.14. The molecule has 1 fully saturated rings. The monoisotopic (exact) mass is 334 g/mol. The fraction of sp³-hybridized carbons (Fsp3) is 0.500. The maximum atomic E-state index is 11.2. The number of nitrogens with zero attached hydrogens (tertiary/aromatic N) is 3. The standard InChI is InChI=1S/C16H22N4O2S/c1-12-14-5-3-4-6-15(14)19-16(18-12)11-20(13-7-8-13)10-9-17-23(2,21)22/h3-6,13,17H,7-11H2,1-2H3. The Morgan fingerprint density at radius 1 is 1.26 bits per heavy atom. The van der Waals surface area contributed by atoms with Gasteiger partial charge in [-0.3, -0.25) is 4.90 Å². The van der Waals surface area contributed by atoms with E-state index in [9.17, 15) is 8.42 Å². The van der Waals surface area contributed by atoms with Crippen molar-refractivity contribution in [3.63, 3.8) is 0 Å². The van der Waals surface area contributed by atoms with Crippen LogP contribution in [0.2, 0.25) is 0 Å². The summed E-state index contributed by atoms with van der Waals surface area (Å²) in [7, 11) is -3.14. The van der Waals surface area contributed by atoms with Crippen molar-refractivity contribution in [1.82, 2.24) is 19.6 Å². The quantitative estimate of drug-likeness (QED) is 0.829. The normalized spacial score (nSPS) is 15.4. The number of para-hydroxylation sites is 1. The zero-order valence-corrected chi connectivity index (χ0v) is 14.3. The average Bonchev–Trinajstić information content (AvgIpc) is 3.29. The van der Waals surface area contributed by atoms with Crippen molar-refractivity contribution >= 4 is 20.9 Å². The molecule has 124 valence electrons. The first-order chi connectivity index (χ1) is 10.9. The van der Waals surface area contributed by atoms with Crippen LogP contribution in [-0.4, -0.2) is 48.7 Å². The van der Waals surface area contributed by atoms with E-state index in [2.05, 4.69) is 19.6 Å². The molecule has 1 aliphatic rings. The molecule has 0 atom stereocenters. The maximum absolute atomic E-state index is 11.2. The second-order valence-electron chi connectivity index (χ2n) is 6.11. The lowest BCUT2D eigenvalue weighted by Gasteiger charge is -2.21. The first kappa shape index (κ1) is 16.3. The lowest BCUT2D eigenvalue weighted by Crippen LogP contribution is -2.35. The van der Waals surface area contributed by atoms with Crippen molar-refractivity contribution in [2.24, 2.45) is 0 Å². The number of hydrogen-bond acceptors (Lipinski definition) is 5. The van der Waals surface area contributed by atoms with E-state index < -0.39 is 10.0 Å². The summed E-state index contributed by atoms with van der Waals surface area (Å²) < 4.78 is 24.9. The van der Waals surface area contributed by atoms with Crippen LogP contribution in [0.1, 0.15) is 24.4 Å². The molecule has 1 saturated carbocycles. The smallest absolute Gasteiger partial charge is 0.208 e. The summed E-state index contributed by atoms with van der Waals surface area (Å²) in [5.41, 5.74) is 1.94. The molecule has 1 aliphatic carbocycles. The van der Waals surface area contributed by atoms with E-state index in [1.54, 1.807) is 0 Å². The molecule has 7 heteroatoms. The molecule has 1 heterocycles. The zero-order chi connectivity index (χ0) is 16.4. The maximum Gasteiger partial charge on any atom is 0.208 e. The molecular formula is C16H22N4O2S. The lowest BCUT2D eigenvalue weighted by atomic mass is 10.2. The van der Waals surface area contributed by atoms with Crippen molar-refractivity contribution in [3.05, 3.63) is 35.8 Å². The molecule has 1 aromatic heterocycles. The summed E-state index contributed by atoms with van der Waals surface area (Å²) in [5.74, 6) is 0.799. The van der Waals surface area contributed by atoms with Crippen LogP contribution in [0.3, 0.4) is 0 Å². The van der Waals surface area contributed by atoms with Crippen LogP contribution in [0.25, 0.3) is 10.9 Å². The van der Waals surface area contributed by atoms with Gasteiger partial charge in [0.05, 0.1) is 18.3 Å². The molecule has 0 spiro atoms. The molecule has 6 nitrogen and oxygen atoms in total. The number of rotatable bonds is 7. The van der Waals surface area contributed by atoms with Crippen LogP contribution in [0.5, 0.6) is 0 Å². The molecule has 2 aromatic rings. The van der Waals surface area contributed by atoms with Crippen molar-refractivity contribution in [3.8, 4) is 0 Å². The lowest BCUT2D eigenvalue weighted by molar-refractivity contribution is 0.253. The second kappa shape index (κ2) is 6.51. The average molecular weight is 334 g/mol. The molecular weight excluding hydrogens is 312 g/mol. The SMILES string of the molecule is Cc1nc(CN(CCNS(C)(=O)=O)C2CC2)nc2ccccc12. The predicted octanol–water partition coefficient (Wildman–Crippen LogP) is 1.45. The molecule has 0 bridgehead atoms. The third-order valence-electron chi connectivity index (χ3n) is 4.01. The number of aromatic nitrogens is 2. The van der Waals surface area contributed by atoms with Gasteiger partial charge >= 0.3 is 0 Å². The van der Waals surface area contributed by atoms with Crippen LogP contribution >= 0.6 is 0 Å². The van der Waals surface area contributed by atoms with Gasteiger partial charge in [0.1, 0.15) is 5.82 Å². The van der Waals surface area contributed by atoms with Crippen LogP contribution in [0.4, 0.5) is 0 Å². The summed E-state index contributed by atoms with van der Waals surface area (Å²) >= 11 is 0. The highest BCUT2D eigenvalue weighted by molar-refractivity contribution is 7.88. The second-order valence-corrected chi connectivity index (χ2v) is 7.94. The minimum Gasteiger partial charge on any atom is -0.292 e. The Morgan fingerprint density at radius 3 is 2.70 bits per heavy atom. The molecule has 1 N–H and O–H groups in total. The highest BCUT2D eigenvalue weighted by Crippen LogP contribution is 2.27. The topological polar surface area (TPSA) is 75.2 Å². The first-order valence-electron chi connectivity index (χ1n) is 7.83. The van der Waals surface area contributed by atoms with Crippen LogP contribution in [-0.2, 0) is 16.6 Å². The number of hydrogen-bond donors (Lipinski definition) is 1. The van der Waals surface area contributed by atoms with E-state index in [0.29, 0.717) is 25.7 Å². The fourth-order valence-corrected chi connectivity index (χ4v) is 3.21. The van der Waals surface area contributed by atoms with Gasteiger partial charge in [0, 0.05) is 30.2 Å². The Morgan fingerprint density at radius 2 is 2.00 bits per heavy atom. The molecule has 1 aromatic carbocycles. The minimum absolute atomic E-state index is 0.419. The third kappa shape index (κ3) is 4.46. The van der Waals surface area contributed by atoms with E-state index in [4.69, 9.17) is 0 Å². The Kier molecular flexibility index (Phi) is 4.61. The Labute approximate surface area is 137 Å². The highest BCUT2D eigenvalue weighted by Gasteiger charge is 2.29. The number of benzene rings is 1. The van der Waals surface area contributed by atoms with Gasteiger partial charge in [-0.2, -0.15) is 0 Å². The van der Waals surface area contributed by atoms with Crippen LogP contribution in [0.15, 0.2) is 24.3 Å². The summed E-state index contributed by atoms with van der Waals surface area (Å²) in [6.07, 6.45) is 3.50. The highest BCUT2D eigenvalue weighted by atomic mass is 32.2. The van der Waals surface area contributed by atoms with Crippen LogP contribution < -0.4 is 4.72 Å². The van der Waals surface area contributed by atoms with Crippen LogP contribution in [0, 0.1) is 6.92 Å². The molecule has 0 saturated heterocycles. The predicted molar refractivity (Wildman–Crippen MR) is 90.6 cm³/mol. The molecule has 0 radical (unpaired) electrons. The number of nitrogens with one attached hydrogen (secondary N) is 1. The van der Waals surface area contributed by atoms with E-state index in [0.717, 1.165) is 35.3 Å². The van der Waals surface area contributed by atoms with Gasteiger partial charge in [-0.1, -0.05) is 18.2 Å². The fourth-order valence-electron chi connectivity index (χ4n) is 2.75. The van der Waals surface area contributed by atoms with E-state index in [-0.39, 0.29) is 0 Å².